The van der Waals surface area contributed by atoms with Gasteiger partial charge in [0, 0.05) is 30.3 Å². The Morgan fingerprint density at radius 2 is 2.03 bits per heavy atom. The Labute approximate surface area is 160 Å². The number of nitrogens with one attached hydrogen (secondary N) is 1. The van der Waals surface area contributed by atoms with Gasteiger partial charge in [0.1, 0.15) is 12.5 Å². The number of carbonyl (C=O) groups is 1. The van der Waals surface area contributed by atoms with Crippen molar-refractivity contribution in [3.05, 3.63) is 47.5 Å². The van der Waals surface area contributed by atoms with Crippen LogP contribution in [0.4, 0.5) is 32.0 Å². The van der Waals surface area contributed by atoms with E-state index in [-0.39, 0.29) is 28.3 Å². The van der Waals surface area contributed by atoms with Crippen molar-refractivity contribution in [3.8, 4) is 0 Å². The van der Waals surface area contributed by atoms with E-state index in [4.69, 9.17) is 5.73 Å². The van der Waals surface area contributed by atoms with Gasteiger partial charge in [-0.05, 0) is 24.3 Å². The first-order valence-electron chi connectivity index (χ1n) is 8.32. The molecule has 1 atom stereocenters. The zero-order valence-corrected chi connectivity index (χ0v) is 14.7. The Bertz CT molecular complexity index is 960. The average molecular weight is 419 g/mol. The summed E-state index contributed by atoms with van der Waals surface area (Å²) < 4.78 is 82.7. The minimum atomic E-state index is -3.73. The van der Waals surface area contributed by atoms with Gasteiger partial charge in [0.2, 0.25) is 0 Å². The number of nitrogens with zero attached hydrogens (tertiary/aromatic N) is 3. The summed E-state index contributed by atoms with van der Waals surface area (Å²) in [5.74, 6) is -6.10. The molecule has 0 radical (unpaired) electrons. The molecule has 1 aliphatic heterocycles. The second-order valence-corrected chi connectivity index (χ2v) is 6.41. The molecular formula is C17H15F6N5O. The molecule has 6 nitrogen and oxygen atoms in total. The van der Waals surface area contributed by atoms with Gasteiger partial charge in [0.05, 0.1) is 5.84 Å². The highest BCUT2D eigenvalue weighted by atomic mass is 19.3. The van der Waals surface area contributed by atoms with Gasteiger partial charge in [-0.1, -0.05) is 0 Å². The van der Waals surface area contributed by atoms with E-state index in [0.717, 1.165) is 30.5 Å². The van der Waals surface area contributed by atoms with Gasteiger partial charge in [-0.15, -0.1) is 0 Å². The van der Waals surface area contributed by atoms with Gasteiger partial charge in [-0.25, -0.2) is 22.2 Å². The molecular weight excluding hydrogens is 404 g/mol. The van der Waals surface area contributed by atoms with Crippen molar-refractivity contribution in [2.75, 3.05) is 12.0 Å². The maximum Gasteiger partial charge on any atom is 0.333 e. The fraction of sp³-hybridized carbons (Fsp3) is 0.353. The van der Waals surface area contributed by atoms with Gasteiger partial charge in [-0.2, -0.15) is 13.9 Å². The van der Waals surface area contributed by atoms with Crippen molar-refractivity contribution >= 4 is 17.4 Å². The number of hydrogen-bond donors (Lipinski definition) is 2. The van der Waals surface area contributed by atoms with Crippen molar-refractivity contribution in [1.82, 2.24) is 9.78 Å². The van der Waals surface area contributed by atoms with Crippen LogP contribution in [0.2, 0.25) is 0 Å². The average Bonchev–Trinajstić information content (AvgIpc) is 3.16. The lowest BCUT2D eigenvalue weighted by atomic mass is 9.80. The standard InChI is InChI=1S/C17H15F6N5O/c18-8-16(17(22,23)5-3-13(24)26-16)10-7-9(1-2-11(10)19)25-14(29)12-4-6-28(27-12)15(20)21/h1-2,4,6-7,15H,3,5,8H2,(H2,24,26)(H,25,29). The number of anilines is 1. The molecule has 1 amide bonds. The zero-order valence-electron chi connectivity index (χ0n) is 14.7. The number of amidine groups is 1. The van der Waals surface area contributed by atoms with E-state index in [1.54, 1.807) is 0 Å². The number of halogens is 6. The van der Waals surface area contributed by atoms with Crippen LogP contribution in [-0.4, -0.2) is 34.1 Å². The summed E-state index contributed by atoms with van der Waals surface area (Å²) in [6.07, 6.45) is -0.235. The second kappa shape index (κ2) is 7.41. The van der Waals surface area contributed by atoms with Crippen LogP contribution in [0.3, 0.4) is 0 Å². The van der Waals surface area contributed by atoms with Crippen LogP contribution in [0, 0.1) is 5.82 Å². The molecule has 0 saturated heterocycles. The van der Waals surface area contributed by atoms with Crippen LogP contribution in [0.15, 0.2) is 35.5 Å². The SMILES string of the molecule is NC1=NC(CF)(c2cc(NC(=O)c3ccn(C(F)F)n3)ccc2F)C(F)(F)CC1. The fourth-order valence-electron chi connectivity index (χ4n) is 3.01. The van der Waals surface area contributed by atoms with Crippen molar-refractivity contribution in [3.63, 3.8) is 0 Å². The lowest BCUT2D eigenvalue weighted by molar-refractivity contribution is -0.0959. The molecule has 29 heavy (non-hydrogen) atoms. The Balaban J connectivity index is 1.97. The summed E-state index contributed by atoms with van der Waals surface area (Å²) in [6, 6.07) is 3.62. The largest absolute Gasteiger partial charge is 0.387 e. The zero-order chi connectivity index (χ0) is 21.4. The molecule has 0 aliphatic carbocycles. The number of aliphatic imine (C=N–C) groups is 1. The summed E-state index contributed by atoms with van der Waals surface area (Å²) in [6.45, 7) is -4.69. The van der Waals surface area contributed by atoms with Crippen molar-refractivity contribution in [2.45, 2.75) is 30.9 Å². The monoisotopic (exact) mass is 419 g/mol. The molecule has 0 spiro atoms. The minimum absolute atomic E-state index is 0.180. The Morgan fingerprint density at radius 3 is 2.66 bits per heavy atom. The molecule has 1 aromatic heterocycles. The van der Waals surface area contributed by atoms with Crippen LogP contribution in [0.1, 0.15) is 35.4 Å². The van der Waals surface area contributed by atoms with Crippen LogP contribution in [0.25, 0.3) is 0 Å². The second-order valence-electron chi connectivity index (χ2n) is 6.41. The predicted octanol–water partition coefficient (Wildman–Crippen LogP) is 3.62. The number of amides is 1. The van der Waals surface area contributed by atoms with Gasteiger partial charge in [-0.3, -0.25) is 9.79 Å². The number of aromatic nitrogens is 2. The highest BCUT2D eigenvalue weighted by Crippen LogP contribution is 2.48. The van der Waals surface area contributed by atoms with E-state index >= 15 is 0 Å². The van der Waals surface area contributed by atoms with Gasteiger partial charge in [0.25, 0.3) is 11.8 Å². The molecule has 3 rings (SSSR count). The molecule has 1 aromatic carbocycles. The molecule has 1 unspecified atom stereocenters. The van der Waals surface area contributed by atoms with E-state index in [9.17, 15) is 31.1 Å². The molecule has 0 bridgehead atoms. The topological polar surface area (TPSA) is 85.3 Å². The molecule has 0 saturated carbocycles. The molecule has 1 aliphatic rings. The predicted molar refractivity (Wildman–Crippen MR) is 91.3 cm³/mol. The fourth-order valence-corrected chi connectivity index (χ4v) is 3.01. The summed E-state index contributed by atoms with van der Waals surface area (Å²) >= 11 is 0. The summed E-state index contributed by atoms with van der Waals surface area (Å²) in [5, 5.41) is 5.58. The van der Waals surface area contributed by atoms with E-state index in [0.29, 0.717) is 0 Å². The first-order chi connectivity index (χ1) is 13.6. The summed E-state index contributed by atoms with van der Waals surface area (Å²) in [4.78, 5) is 15.7. The third kappa shape index (κ3) is 3.66. The van der Waals surface area contributed by atoms with Crippen LogP contribution >= 0.6 is 0 Å². The molecule has 2 heterocycles. The Kier molecular flexibility index (Phi) is 5.28. The first kappa shape index (κ1) is 20.7. The molecule has 2 aromatic rings. The quantitative estimate of drug-likeness (QED) is 0.726. The van der Waals surface area contributed by atoms with Gasteiger partial charge >= 0.3 is 6.55 Å². The molecule has 3 N–H and O–H groups in total. The highest BCUT2D eigenvalue weighted by Gasteiger charge is 2.58. The van der Waals surface area contributed by atoms with Gasteiger partial charge in [0.15, 0.2) is 11.2 Å². The third-order valence-electron chi connectivity index (χ3n) is 4.54. The number of hydrogen-bond acceptors (Lipinski definition) is 4. The van der Waals surface area contributed by atoms with E-state index < -0.39 is 48.4 Å². The molecule has 0 fully saturated rings. The summed E-state index contributed by atoms with van der Waals surface area (Å²) in [5.41, 5.74) is 1.27. The van der Waals surface area contributed by atoms with Crippen LogP contribution in [-0.2, 0) is 5.54 Å². The van der Waals surface area contributed by atoms with E-state index in [1.807, 2.05) is 0 Å². The smallest absolute Gasteiger partial charge is 0.333 e. The Morgan fingerprint density at radius 1 is 1.31 bits per heavy atom. The van der Waals surface area contributed by atoms with Crippen molar-refractivity contribution in [1.29, 1.82) is 0 Å². The molecule has 156 valence electrons. The number of carbonyl (C=O) groups excluding carboxylic acids is 1. The van der Waals surface area contributed by atoms with Crippen molar-refractivity contribution < 1.29 is 31.1 Å². The lowest BCUT2D eigenvalue weighted by Crippen LogP contribution is -2.51. The minimum Gasteiger partial charge on any atom is -0.387 e. The maximum absolute atomic E-state index is 14.6. The lowest BCUT2D eigenvalue weighted by Gasteiger charge is -2.39. The molecule has 12 heteroatoms. The summed E-state index contributed by atoms with van der Waals surface area (Å²) in [7, 11) is 0. The maximum atomic E-state index is 14.6. The number of rotatable bonds is 5. The normalized spacial score (nSPS) is 21.1. The highest BCUT2D eigenvalue weighted by molar-refractivity contribution is 6.02. The third-order valence-corrected chi connectivity index (χ3v) is 4.54. The Hall–Kier alpha value is -3.05. The van der Waals surface area contributed by atoms with Gasteiger partial charge < -0.3 is 11.1 Å². The number of nitrogens with two attached hydrogens (primary N) is 1. The van der Waals surface area contributed by atoms with E-state index in [1.165, 1.54) is 0 Å². The first-order valence-corrected chi connectivity index (χ1v) is 8.32. The number of alkyl halides is 5. The number of benzene rings is 1. The van der Waals surface area contributed by atoms with Crippen LogP contribution in [0.5, 0.6) is 0 Å². The van der Waals surface area contributed by atoms with Crippen LogP contribution < -0.4 is 11.1 Å². The van der Waals surface area contributed by atoms with E-state index in [2.05, 4.69) is 15.4 Å². The van der Waals surface area contributed by atoms with Crippen molar-refractivity contribution in [2.24, 2.45) is 10.7 Å².